The standard InChI is InChI=1S/C20H20N4O2S/c1-24-12-11-21-18(24)17(14-7-4-3-5-8-14)23-20(26)19(25)22-15-9-6-10-16(13-15)27-2/h3-13,17H,1-2H3,(H,22,25)(H,23,26)/t17-/m1/s1. The number of hydrogen-bond donors (Lipinski definition) is 2. The molecule has 7 heteroatoms. The zero-order valence-electron chi connectivity index (χ0n) is 15.0. The highest BCUT2D eigenvalue weighted by molar-refractivity contribution is 7.98. The second kappa shape index (κ2) is 8.55. The van der Waals surface area contributed by atoms with Crippen LogP contribution in [-0.2, 0) is 16.6 Å². The summed E-state index contributed by atoms with van der Waals surface area (Å²) in [6.45, 7) is 0. The number of carbonyl (C=O) groups excluding carboxylic acids is 2. The van der Waals surface area contributed by atoms with E-state index in [1.807, 2.05) is 66.4 Å². The van der Waals surface area contributed by atoms with Crippen LogP contribution < -0.4 is 10.6 Å². The lowest BCUT2D eigenvalue weighted by atomic mass is 10.1. The minimum absolute atomic E-state index is 0.526. The lowest BCUT2D eigenvalue weighted by molar-refractivity contribution is -0.136. The Morgan fingerprint density at radius 2 is 1.85 bits per heavy atom. The zero-order chi connectivity index (χ0) is 19.2. The maximum Gasteiger partial charge on any atom is 0.313 e. The van der Waals surface area contributed by atoms with Crippen LogP contribution in [0.15, 0.2) is 71.9 Å². The van der Waals surface area contributed by atoms with Crippen molar-refractivity contribution in [1.29, 1.82) is 0 Å². The molecule has 2 N–H and O–H groups in total. The zero-order valence-corrected chi connectivity index (χ0v) is 15.9. The first kappa shape index (κ1) is 18.7. The number of aromatic nitrogens is 2. The average molecular weight is 380 g/mol. The van der Waals surface area contributed by atoms with Gasteiger partial charge in [0, 0.05) is 30.0 Å². The van der Waals surface area contributed by atoms with E-state index in [-0.39, 0.29) is 0 Å². The van der Waals surface area contributed by atoms with E-state index in [0.29, 0.717) is 11.5 Å². The summed E-state index contributed by atoms with van der Waals surface area (Å²) < 4.78 is 1.82. The van der Waals surface area contributed by atoms with Crippen molar-refractivity contribution in [1.82, 2.24) is 14.9 Å². The van der Waals surface area contributed by atoms with Gasteiger partial charge >= 0.3 is 11.8 Å². The molecule has 0 unspecified atom stereocenters. The largest absolute Gasteiger partial charge is 0.336 e. The van der Waals surface area contributed by atoms with Gasteiger partial charge in [-0.25, -0.2) is 4.98 Å². The van der Waals surface area contributed by atoms with Gasteiger partial charge in [0.15, 0.2) is 0 Å². The van der Waals surface area contributed by atoms with Gasteiger partial charge in [-0.15, -0.1) is 11.8 Å². The summed E-state index contributed by atoms with van der Waals surface area (Å²) in [5, 5.41) is 5.43. The summed E-state index contributed by atoms with van der Waals surface area (Å²) >= 11 is 1.56. The van der Waals surface area contributed by atoms with Crippen molar-refractivity contribution in [2.24, 2.45) is 7.05 Å². The Morgan fingerprint density at radius 3 is 2.52 bits per heavy atom. The van der Waals surface area contributed by atoms with E-state index >= 15 is 0 Å². The Bertz CT molecular complexity index is 940. The molecule has 0 bridgehead atoms. The molecule has 0 aliphatic heterocycles. The van der Waals surface area contributed by atoms with Crippen molar-refractivity contribution in [3.63, 3.8) is 0 Å². The third kappa shape index (κ3) is 4.57. The molecule has 0 saturated carbocycles. The monoisotopic (exact) mass is 380 g/mol. The Kier molecular flexibility index (Phi) is 5.93. The van der Waals surface area contributed by atoms with Crippen LogP contribution in [0.3, 0.4) is 0 Å². The van der Waals surface area contributed by atoms with Crippen LogP contribution in [-0.4, -0.2) is 27.6 Å². The second-order valence-electron chi connectivity index (χ2n) is 5.90. The summed E-state index contributed by atoms with van der Waals surface area (Å²) in [5.41, 5.74) is 1.42. The van der Waals surface area contributed by atoms with Crippen LogP contribution in [0, 0.1) is 0 Å². The fraction of sp³-hybridized carbons (Fsp3) is 0.150. The number of thioether (sulfide) groups is 1. The van der Waals surface area contributed by atoms with E-state index in [0.717, 1.165) is 10.5 Å². The van der Waals surface area contributed by atoms with Gasteiger partial charge in [0.2, 0.25) is 0 Å². The number of aryl methyl sites for hydroxylation is 1. The van der Waals surface area contributed by atoms with Crippen LogP contribution in [0.2, 0.25) is 0 Å². The molecule has 1 aromatic heterocycles. The fourth-order valence-corrected chi connectivity index (χ4v) is 3.14. The number of imidazole rings is 1. The van der Waals surface area contributed by atoms with Crippen LogP contribution in [0.5, 0.6) is 0 Å². The van der Waals surface area contributed by atoms with Crippen LogP contribution in [0.25, 0.3) is 0 Å². The molecule has 27 heavy (non-hydrogen) atoms. The molecule has 0 saturated heterocycles. The van der Waals surface area contributed by atoms with Crippen molar-refractivity contribution in [3.05, 3.63) is 78.4 Å². The first-order valence-electron chi connectivity index (χ1n) is 8.36. The summed E-state index contributed by atoms with van der Waals surface area (Å²) in [6, 6.07) is 16.2. The van der Waals surface area contributed by atoms with Crippen LogP contribution in [0.4, 0.5) is 5.69 Å². The Balaban J connectivity index is 1.78. The van der Waals surface area contributed by atoms with E-state index in [1.165, 1.54) is 0 Å². The smallest absolute Gasteiger partial charge is 0.313 e. The molecule has 0 aliphatic rings. The lowest BCUT2D eigenvalue weighted by Gasteiger charge is -2.19. The molecule has 6 nitrogen and oxygen atoms in total. The Hall–Kier alpha value is -3.06. The second-order valence-corrected chi connectivity index (χ2v) is 6.78. The van der Waals surface area contributed by atoms with Crippen LogP contribution in [0.1, 0.15) is 17.4 Å². The van der Waals surface area contributed by atoms with E-state index in [2.05, 4.69) is 15.6 Å². The number of nitrogens with zero attached hydrogens (tertiary/aromatic N) is 2. The van der Waals surface area contributed by atoms with Crippen molar-refractivity contribution in [3.8, 4) is 0 Å². The Labute approximate surface area is 162 Å². The van der Waals surface area contributed by atoms with Gasteiger partial charge in [0.1, 0.15) is 11.9 Å². The molecule has 2 aromatic carbocycles. The molecule has 3 aromatic rings. The minimum atomic E-state index is -0.721. The highest BCUT2D eigenvalue weighted by Crippen LogP contribution is 2.21. The molecule has 0 fully saturated rings. The van der Waals surface area contributed by atoms with Crippen molar-refractivity contribution >= 4 is 29.3 Å². The van der Waals surface area contributed by atoms with E-state index in [1.54, 1.807) is 30.2 Å². The maximum absolute atomic E-state index is 12.5. The third-order valence-corrected chi connectivity index (χ3v) is 4.78. The minimum Gasteiger partial charge on any atom is -0.336 e. The van der Waals surface area contributed by atoms with Crippen molar-refractivity contribution in [2.45, 2.75) is 10.9 Å². The molecular formula is C20H20N4O2S. The van der Waals surface area contributed by atoms with E-state index < -0.39 is 17.9 Å². The SMILES string of the molecule is CSc1cccc(NC(=O)C(=O)N[C@H](c2ccccc2)c2nccn2C)c1. The van der Waals surface area contributed by atoms with Crippen molar-refractivity contribution < 1.29 is 9.59 Å². The predicted octanol–water partition coefficient (Wildman–Crippen LogP) is 2.99. The summed E-state index contributed by atoms with van der Waals surface area (Å²) in [4.78, 5) is 30.2. The van der Waals surface area contributed by atoms with Crippen molar-refractivity contribution in [2.75, 3.05) is 11.6 Å². The fourth-order valence-electron chi connectivity index (χ4n) is 2.68. The summed E-state index contributed by atoms with van der Waals surface area (Å²) in [7, 11) is 1.85. The lowest BCUT2D eigenvalue weighted by Crippen LogP contribution is -2.39. The number of benzene rings is 2. The average Bonchev–Trinajstić information content (AvgIpc) is 3.12. The first-order chi connectivity index (χ1) is 13.1. The van der Waals surface area contributed by atoms with Gasteiger partial charge in [-0.1, -0.05) is 36.4 Å². The summed E-state index contributed by atoms with van der Waals surface area (Å²) in [6.07, 6.45) is 5.40. The predicted molar refractivity (Wildman–Crippen MR) is 106 cm³/mol. The number of anilines is 1. The normalized spacial score (nSPS) is 11.6. The summed E-state index contributed by atoms with van der Waals surface area (Å²) in [5.74, 6) is -0.795. The Morgan fingerprint density at radius 1 is 1.07 bits per heavy atom. The molecule has 1 atom stereocenters. The molecule has 138 valence electrons. The molecule has 0 spiro atoms. The van der Waals surface area contributed by atoms with Gasteiger partial charge in [0.05, 0.1) is 0 Å². The third-order valence-electron chi connectivity index (χ3n) is 4.06. The molecule has 3 rings (SSSR count). The van der Waals surface area contributed by atoms with Crippen LogP contribution >= 0.6 is 11.8 Å². The van der Waals surface area contributed by atoms with E-state index in [4.69, 9.17) is 0 Å². The molecule has 1 heterocycles. The highest BCUT2D eigenvalue weighted by Gasteiger charge is 2.24. The van der Waals surface area contributed by atoms with Gasteiger partial charge in [-0.2, -0.15) is 0 Å². The number of nitrogens with one attached hydrogen (secondary N) is 2. The highest BCUT2D eigenvalue weighted by atomic mass is 32.2. The number of carbonyl (C=O) groups is 2. The molecule has 0 radical (unpaired) electrons. The van der Waals surface area contributed by atoms with Gasteiger partial charge in [-0.3, -0.25) is 9.59 Å². The van der Waals surface area contributed by atoms with Gasteiger partial charge in [0.25, 0.3) is 0 Å². The van der Waals surface area contributed by atoms with Gasteiger partial charge in [-0.05, 0) is 30.0 Å². The molecule has 0 aliphatic carbocycles. The number of rotatable bonds is 5. The first-order valence-corrected chi connectivity index (χ1v) is 9.59. The van der Waals surface area contributed by atoms with Gasteiger partial charge < -0.3 is 15.2 Å². The number of amides is 2. The topological polar surface area (TPSA) is 76.0 Å². The maximum atomic E-state index is 12.5. The molecule has 2 amide bonds. The number of hydrogen-bond acceptors (Lipinski definition) is 4. The quantitative estimate of drug-likeness (QED) is 0.527. The van der Waals surface area contributed by atoms with E-state index in [9.17, 15) is 9.59 Å². The molecular weight excluding hydrogens is 360 g/mol.